The van der Waals surface area contributed by atoms with Crippen LogP contribution >= 0.6 is 11.8 Å². The maximum atomic E-state index is 11.7. The molecular formula is C19H26N2O2S. The van der Waals surface area contributed by atoms with Gasteiger partial charge in [-0.2, -0.15) is 16.9 Å². The largest absolute Gasteiger partial charge is 0.478 e. The van der Waals surface area contributed by atoms with Gasteiger partial charge < -0.3 is 5.11 Å². The number of carboxylic acids is 1. The standard InChI is InChI=1S/C19H26N2O2S/c1-12(24-6)11-16-17(18(22)23)13(2)21(20-16)15-9-7-14(8-10-15)19(3,4)5/h7-10,12H,11H2,1-6H3,(H,22,23). The first-order chi connectivity index (χ1) is 11.1. The Bertz CT molecular complexity index is 727. The Labute approximate surface area is 148 Å². The van der Waals surface area contributed by atoms with Crippen molar-refractivity contribution in [2.45, 2.75) is 51.7 Å². The Balaban J connectivity index is 2.47. The third kappa shape index (κ3) is 3.83. The molecule has 0 spiro atoms. The van der Waals surface area contributed by atoms with Crippen LogP contribution in [0.1, 0.15) is 55.0 Å². The van der Waals surface area contributed by atoms with E-state index in [0.29, 0.717) is 28.6 Å². The summed E-state index contributed by atoms with van der Waals surface area (Å²) >= 11 is 1.71. The van der Waals surface area contributed by atoms with E-state index >= 15 is 0 Å². The smallest absolute Gasteiger partial charge is 0.339 e. The first kappa shape index (κ1) is 18.6. The van der Waals surface area contributed by atoms with Crippen molar-refractivity contribution in [3.8, 4) is 5.69 Å². The molecule has 1 atom stereocenters. The van der Waals surface area contributed by atoms with Crippen LogP contribution in [0.3, 0.4) is 0 Å². The van der Waals surface area contributed by atoms with Crippen molar-refractivity contribution in [3.05, 3.63) is 46.8 Å². The summed E-state index contributed by atoms with van der Waals surface area (Å²) in [5.74, 6) is -0.909. The molecule has 24 heavy (non-hydrogen) atoms. The van der Waals surface area contributed by atoms with Gasteiger partial charge in [0.15, 0.2) is 0 Å². The van der Waals surface area contributed by atoms with Gasteiger partial charge in [0.1, 0.15) is 5.56 Å². The van der Waals surface area contributed by atoms with Gasteiger partial charge in [-0.25, -0.2) is 9.48 Å². The average Bonchev–Trinajstić information content (AvgIpc) is 2.82. The topological polar surface area (TPSA) is 55.1 Å². The molecule has 1 N–H and O–H groups in total. The predicted molar refractivity (Wildman–Crippen MR) is 101 cm³/mol. The minimum Gasteiger partial charge on any atom is -0.478 e. The molecule has 0 radical (unpaired) electrons. The zero-order valence-corrected chi connectivity index (χ0v) is 16.1. The van der Waals surface area contributed by atoms with Gasteiger partial charge in [0, 0.05) is 11.7 Å². The van der Waals surface area contributed by atoms with E-state index in [0.717, 1.165) is 5.69 Å². The SMILES string of the molecule is CSC(C)Cc1nn(-c2ccc(C(C)(C)C)cc2)c(C)c1C(=O)O. The Kier molecular flexibility index (Phi) is 5.43. The van der Waals surface area contributed by atoms with E-state index in [9.17, 15) is 9.90 Å². The molecule has 0 aliphatic rings. The lowest BCUT2D eigenvalue weighted by Crippen LogP contribution is -2.11. The van der Waals surface area contributed by atoms with Gasteiger partial charge in [-0.15, -0.1) is 0 Å². The summed E-state index contributed by atoms with van der Waals surface area (Å²) in [7, 11) is 0. The van der Waals surface area contributed by atoms with Gasteiger partial charge in [-0.3, -0.25) is 0 Å². The lowest BCUT2D eigenvalue weighted by Gasteiger charge is -2.19. The lowest BCUT2D eigenvalue weighted by atomic mass is 9.87. The number of aromatic carboxylic acids is 1. The minimum absolute atomic E-state index is 0.0862. The summed E-state index contributed by atoms with van der Waals surface area (Å²) in [6, 6.07) is 8.18. The Morgan fingerprint density at radius 2 is 1.88 bits per heavy atom. The van der Waals surface area contributed by atoms with Crippen molar-refractivity contribution in [1.29, 1.82) is 0 Å². The highest BCUT2D eigenvalue weighted by Crippen LogP contribution is 2.25. The maximum Gasteiger partial charge on any atom is 0.339 e. The molecule has 1 unspecified atom stereocenters. The summed E-state index contributed by atoms with van der Waals surface area (Å²) in [6.45, 7) is 10.4. The second-order valence-electron chi connectivity index (χ2n) is 7.17. The zero-order chi connectivity index (χ0) is 18.1. The second-order valence-corrected chi connectivity index (χ2v) is 8.45. The van der Waals surface area contributed by atoms with Crippen LogP contribution in [0.2, 0.25) is 0 Å². The van der Waals surface area contributed by atoms with Gasteiger partial charge in [0.25, 0.3) is 0 Å². The summed E-state index contributed by atoms with van der Waals surface area (Å²) < 4.78 is 1.75. The molecular weight excluding hydrogens is 320 g/mol. The van der Waals surface area contributed by atoms with E-state index in [2.05, 4.69) is 44.9 Å². The van der Waals surface area contributed by atoms with Crippen LogP contribution in [0.25, 0.3) is 5.69 Å². The predicted octanol–water partition coefficient (Wildman–Crippen LogP) is 4.47. The molecule has 0 bridgehead atoms. The van der Waals surface area contributed by atoms with E-state index in [4.69, 9.17) is 0 Å². The fourth-order valence-electron chi connectivity index (χ4n) is 2.69. The number of nitrogens with zero attached hydrogens (tertiary/aromatic N) is 2. The molecule has 1 heterocycles. The average molecular weight is 346 g/mol. The van der Waals surface area contributed by atoms with Crippen LogP contribution in [0.5, 0.6) is 0 Å². The van der Waals surface area contributed by atoms with E-state index in [1.54, 1.807) is 16.4 Å². The Morgan fingerprint density at radius 3 is 2.33 bits per heavy atom. The Morgan fingerprint density at radius 1 is 1.29 bits per heavy atom. The zero-order valence-electron chi connectivity index (χ0n) is 15.3. The molecule has 0 aliphatic carbocycles. The molecule has 0 aliphatic heterocycles. The van der Waals surface area contributed by atoms with Gasteiger partial charge in [0.2, 0.25) is 0 Å². The van der Waals surface area contributed by atoms with Crippen LogP contribution in [-0.2, 0) is 11.8 Å². The number of rotatable bonds is 5. The highest BCUT2D eigenvalue weighted by Gasteiger charge is 2.23. The third-order valence-electron chi connectivity index (χ3n) is 4.26. The molecule has 2 aromatic rings. The maximum absolute atomic E-state index is 11.7. The summed E-state index contributed by atoms with van der Waals surface area (Å²) in [5.41, 5.74) is 3.88. The summed E-state index contributed by atoms with van der Waals surface area (Å²) in [6.07, 6.45) is 2.68. The normalized spacial score (nSPS) is 13.1. The number of carboxylic acid groups (broad SMARTS) is 1. The van der Waals surface area contributed by atoms with Gasteiger partial charge in [0.05, 0.1) is 17.1 Å². The molecule has 2 rings (SSSR count). The fourth-order valence-corrected chi connectivity index (χ4v) is 3.02. The molecule has 1 aromatic heterocycles. The number of benzene rings is 1. The monoisotopic (exact) mass is 346 g/mol. The molecule has 0 saturated carbocycles. The van der Waals surface area contributed by atoms with Crippen LogP contribution in [-0.4, -0.2) is 32.4 Å². The molecule has 130 valence electrons. The first-order valence-corrected chi connectivity index (χ1v) is 9.39. The van der Waals surface area contributed by atoms with Crippen LogP contribution < -0.4 is 0 Å². The van der Waals surface area contributed by atoms with E-state index in [1.807, 2.05) is 25.3 Å². The van der Waals surface area contributed by atoms with Crippen LogP contribution in [0, 0.1) is 6.92 Å². The van der Waals surface area contributed by atoms with Crippen molar-refractivity contribution in [2.75, 3.05) is 6.26 Å². The quantitative estimate of drug-likeness (QED) is 0.868. The second kappa shape index (κ2) is 7.01. The first-order valence-electron chi connectivity index (χ1n) is 8.10. The van der Waals surface area contributed by atoms with Gasteiger partial charge >= 0.3 is 5.97 Å². The fraction of sp³-hybridized carbons (Fsp3) is 0.474. The van der Waals surface area contributed by atoms with Crippen molar-refractivity contribution >= 4 is 17.7 Å². The van der Waals surface area contributed by atoms with E-state index in [-0.39, 0.29) is 5.41 Å². The number of thioether (sulfide) groups is 1. The highest BCUT2D eigenvalue weighted by molar-refractivity contribution is 7.99. The van der Waals surface area contributed by atoms with Crippen molar-refractivity contribution in [3.63, 3.8) is 0 Å². The summed E-state index contributed by atoms with van der Waals surface area (Å²) in [4.78, 5) is 11.7. The molecule has 5 heteroatoms. The van der Waals surface area contributed by atoms with Crippen LogP contribution in [0.15, 0.2) is 24.3 Å². The molecule has 4 nitrogen and oxygen atoms in total. The Hall–Kier alpha value is -1.75. The molecule has 0 saturated heterocycles. The van der Waals surface area contributed by atoms with Crippen molar-refractivity contribution < 1.29 is 9.90 Å². The number of aromatic nitrogens is 2. The van der Waals surface area contributed by atoms with Gasteiger partial charge in [-0.1, -0.05) is 39.8 Å². The number of carbonyl (C=O) groups is 1. The molecule has 0 amide bonds. The lowest BCUT2D eigenvalue weighted by molar-refractivity contribution is 0.0695. The third-order valence-corrected chi connectivity index (χ3v) is 5.24. The molecule has 0 fully saturated rings. The number of hydrogen-bond donors (Lipinski definition) is 1. The van der Waals surface area contributed by atoms with Gasteiger partial charge in [-0.05, 0) is 36.3 Å². The number of hydrogen-bond acceptors (Lipinski definition) is 3. The van der Waals surface area contributed by atoms with E-state index < -0.39 is 5.97 Å². The van der Waals surface area contributed by atoms with E-state index in [1.165, 1.54) is 5.56 Å². The summed E-state index contributed by atoms with van der Waals surface area (Å²) in [5, 5.41) is 14.5. The van der Waals surface area contributed by atoms with Crippen molar-refractivity contribution in [1.82, 2.24) is 9.78 Å². The van der Waals surface area contributed by atoms with Crippen LogP contribution in [0.4, 0.5) is 0 Å². The molecule has 1 aromatic carbocycles. The highest BCUT2D eigenvalue weighted by atomic mass is 32.2. The van der Waals surface area contributed by atoms with Crippen molar-refractivity contribution in [2.24, 2.45) is 0 Å². The minimum atomic E-state index is -0.909.